The molecule has 1 aromatic rings. The monoisotopic (exact) mass is 398 g/mol. The lowest BCUT2D eigenvalue weighted by molar-refractivity contribution is 0.435. The Hall–Kier alpha value is -2.94. The van der Waals surface area contributed by atoms with E-state index in [9.17, 15) is 15.3 Å². The predicted molar refractivity (Wildman–Crippen MR) is 127 cm³/mol. The summed E-state index contributed by atoms with van der Waals surface area (Å²) in [5.74, 6) is 0.121. The Morgan fingerprint density at radius 1 is 0.759 bits per heavy atom. The van der Waals surface area contributed by atoms with Gasteiger partial charge in [0.25, 0.3) is 0 Å². The molecule has 1 aromatic carbocycles. The number of phenolic OH excluding ortho intramolecular Hbond substituents is 1. The molecule has 0 aliphatic rings. The second-order valence-electron chi connectivity index (χ2n) is 5.81. The molecule has 0 aliphatic heterocycles. The van der Waals surface area contributed by atoms with Crippen LogP contribution in [0.5, 0.6) is 5.75 Å². The van der Waals surface area contributed by atoms with Gasteiger partial charge in [0.2, 0.25) is 0 Å². The zero-order valence-electron chi connectivity index (χ0n) is 19.0. The van der Waals surface area contributed by atoms with Crippen molar-refractivity contribution in [3.8, 4) is 5.75 Å². The van der Waals surface area contributed by atoms with Crippen molar-refractivity contribution >= 4 is 0 Å². The predicted octanol–water partition coefficient (Wildman–Crippen LogP) is 7.85. The Labute approximate surface area is 177 Å². The Bertz CT molecular complexity index is 705. The maximum atomic E-state index is 9.62. The molecular formula is C26H38O3. The fourth-order valence-corrected chi connectivity index (χ4v) is 2.77. The van der Waals surface area contributed by atoms with Gasteiger partial charge in [-0.1, -0.05) is 77.3 Å². The summed E-state index contributed by atoms with van der Waals surface area (Å²) in [5, 5.41) is 28.5. The molecule has 0 radical (unpaired) electrons. The Morgan fingerprint density at radius 3 is 1.38 bits per heavy atom. The minimum atomic E-state index is -0.574. The first kappa shape index (κ1) is 28.3. The number of phenols is 1. The minimum Gasteiger partial charge on any atom is -0.509 e. The van der Waals surface area contributed by atoms with E-state index in [1.807, 2.05) is 72.8 Å². The van der Waals surface area contributed by atoms with Gasteiger partial charge in [-0.05, 0) is 61.8 Å². The first-order valence-electron chi connectivity index (χ1n) is 10.0. The van der Waals surface area contributed by atoms with Gasteiger partial charge < -0.3 is 15.3 Å². The number of aromatic hydroxyl groups is 1. The summed E-state index contributed by atoms with van der Waals surface area (Å²) in [5.41, 5.74) is 2.23. The van der Waals surface area contributed by atoms with Gasteiger partial charge in [-0.2, -0.15) is 0 Å². The first-order chi connectivity index (χ1) is 13.7. The maximum Gasteiger partial charge on any atom is 0.115 e. The van der Waals surface area contributed by atoms with E-state index in [1.54, 1.807) is 24.3 Å². The van der Waals surface area contributed by atoms with Gasteiger partial charge in [0.05, 0.1) is 0 Å². The van der Waals surface area contributed by atoms with Crippen molar-refractivity contribution < 1.29 is 15.3 Å². The highest BCUT2D eigenvalue weighted by molar-refractivity contribution is 5.54. The van der Waals surface area contributed by atoms with Crippen LogP contribution in [0.2, 0.25) is 0 Å². The molecule has 0 atom stereocenters. The van der Waals surface area contributed by atoms with Gasteiger partial charge in [0.15, 0.2) is 0 Å². The van der Waals surface area contributed by atoms with Crippen molar-refractivity contribution in [3.63, 3.8) is 0 Å². The molecular weight excluding hydrogens is 360 g/mol. The number of hydrogen-bond acceptors (Lipinski definition) is 3. The molecule has 3 nitrogen and oxygen atoms in total. The first-order valence-corrected chi connectivity index (χ1v) is 10.0. The molecule has 0 aliphatic carbocycles. The Kier molecular flexibility index (Phi) is 14.7. The molecule has 0 spiro atoms. The molecule has 1 rings (SSSR count). The fourth-order valence-electron chi connectivity index (χ4n) is 2.77. The summed E-state index contributed by atoms with van der Waals surface area (Å²) in [7, 11) is 0. The van der Waals surface area contributed by atoms with Crippen LogP contribution < -0.4 is 0 Å². The van der Waals surface area contributed by atoms with E-state index in [1.165, 1.54) is 12.2 Å². The van der Waals surface area contributed by atoms with Gasteiger partial charge in [-0.25, -0.2) is 0 Å². The number of allylic oxidation sites excluding steroid dienone is 8. The molecule has 0 amide bonds. The van der Waals surface area contributed by atoms with Gasteiger partial charge in [-0.15, -0.1) is 0 Å². The van der Waals surface area contributed by atoms with Crippen LogP contribution in [-0.4, -0.2) is 15.3 Å². The van der Waals surface area contributed by atoms with Crippen LogP contribution in [0.25, 0.3) is 0 Å². The van der Waals surface area contributed by atoms with Crippen LogP contribution in [0.1, 0.15) is 54.0 Å². The van der Waals surface area contributed by atoms with Crippen LogP contribution in [0.3, 0.4) is 0 Å². The number of rotatable bonds is 7. The maximum absolute atomic E-state index is 9.62. The van der Waals surface area contributed by atoms with Crippen LogP contribution in [0.15, 0.2) is 96.5 Å². The second kappa shape index (κ2) is 15.0. The summed E-state index contributed by atoms with van der Waals surface area (Å²) in [6, 6.07) is 6.98. The smallest absolute Gasteiger partial charge is 0.115 e. The van der Waals surface area contributed by atoms with Crippen LogP contribution in [0.4, 0.5) is 0 Å². The molecule has 0 bridgehead atoms. The molecule has 3 heteroatoms. The van der Waals surface area contributed by atoms with E-state index in [0.717, 1.165) is 16.7 Å². The molecule has 0 heterocycles. The lowest BCUT2D eigenvalue weighted by Crippen LogP contribution is -2.26. The quantitative estimate of drug-likeness (QED) is 0.324. The van der Waals surface area contributed by atoms with E-state index in [4.69, 9.17) is 0 Å². The molecule has 0 unspecified atom stereocenters. The largest absolute Gasteiger partial charge is 0.509 e. The lowest BCUT2D eigenvalue weighted by atomic mass is 9.69. The summed E-state index contributed by atoms with van der Waals surface area (Å²) in [6.45, 7) is 20.8. The molecule has 0 saturated carbocycles. The number of aliphatic hydroxyl groups is 2. The standard InChI is InChI=1S/C22H26O3.2C2H6/c1-6-18(10-8-16(3)23)22(5,19(7-2)11-9-17(4)24)20-12-14-21(25)15-13-20;2*1-2/h6-15,23-25H,3-4H2,1-2,5H3;2*1-2H3/b10-8-,11-9-,18-6+,19-7+;;. The Morgan fingerprint density at radius 2 is 1.10 bits per heavy atom. The number of hydrogen-bond donors (Lipinski definition) is 3. The highest BCUT2D eigenvalue weighted by atomic mass is 16.3. The average Bonchev–Trinajstić information content (AvgIpc) is 2.71. The van der Waals surface area contributed by atoms with Crippen molar-refractivity contribution in [1.82, 2.24) is 0 Å². The van der Waals surface area contributed by atoms with E-state index in [2.05, 4.69) is 13.2 Å². The Balaban J connectivity index is 0. The third kappa shape index (κ3) is 8.73. The van der Waals surface area contributed by atoms with Crippen LogP contribution >= 0.6 is 0 Å². The SMILES string of the molecule is C=C(O)/C=C\C(=C/C)C(C)(C(/C=C\C(=C)O)=C/C)c1ccc(O)cc1.CC.CC. The van der Waals surface area contributed by atoms with Crippen molar-refractivity contribution in [3.05, 3.63) is 102 Å². The molecule has 160 valence electrons. The second-order valence-corrected chi connectivity index (χ2v) is 5.81. The van der Waals surface area contributed by atoms with Crippen molar-refractivity contribution in [2.24, 2.45) is 0 Å². The molecule has 0 fully saturated rings. The molecule has 3 N–H and O–H groups in total. The summed E-state index contributed by atoms with van der Waals surface area (Å²) in [6.07, 6.45) is 10.6. The molecule has 29 heavy (non-hydrogen) atoms. The van der Waals surface area contributed by atoms with Crippen molar-refractivity contribution in [1.29, 1.82) is 0 Å². The highest BCUT2D eigenvalue weighted by Gasteiger charge is 2.32. The fraction of sp³-hybridized carbons (Fsp3) is 0.308. The van der Waals surface area contributed by atoms with Crippen molar-refractivity contribution in [2.75, 3.05) is 0 Å². The molecule has 0 aromatic heterocycles. The van der Waals surface area contributed by atoms with Crippen molar-refractivity contribution in [2.45, 2.75) is 53.9 Å². The van der Waals surface area contributed by atoms with Gasteiger partial charge in [0, 0.05) is 5.41 Å². The zero-order valence-corrected chi connectivity index (χ0v) is 19.0. The van der Waals surface area contributed by atoms with E-state index in [-0.39, 0.29) is 17.3 Å². The van der Waals surface area contributed by atoms with Gasteiger partial charge in [0.1, 0.15) is 17.3 Å². The van der Waals surface area contributed by atoms with E-state index in [0.29, 0.717) is 0 Å². The lowest BCUT2D eigenvalue weighted by Gasteiger charge is -2.34. The van der Waals surface area contributed by atoms with E-state index < -0.39 is 5.41 Å². The summed E-state index contributed by atoms with van der Waals surface area (Å²) < 4.78 is 0. The topological polar surface area (TPSA) is 60.7 Å². The normalized spacial score (nSPS) is 13.8. The highest BCUT2D eigenvalue weighted by Crippen LogP contribution is 2.41. The van der Waals surface area contributed by atoms with Crippen LogP contribution in [0, 0.1) is 0 Å². The third-order valence-corrected chi connectivity index (χ3v) is 4.13. The summed E-state index contributed by atoms with van der Waals surface area (Å²) >= 11 is 0. The van der Waals surface area contributed by atoms with Gasteiger partial charge >= 0.3 is 0 Å². The number of benzene rings is 1. The molecule has 0 saturated heterocycles. The number of aliphatic hydroxyl groups excluding tert-OH is 2. The van der Waals surface area contributed by atoms with E-state index >= 15 is 0 Å². The van der Waals surface area contributed by atoms with Crippen LogP contribution in [-0.2, 0) is 5.41 Å². The third-order valence-electron chi connectivity index (χ3n) is 4.13. The zero-order chi connectivity index (χ0) is 23.0. The average molecular weight is 399 g/mol. The minimum absolute atomic E-state index is 0.0336. The van der Waals surface area contributed by atoms with Gasteiger partial charge in [-0.3, -0.25) is 0 Å². The summed E-state index contributed by atoms with van der Waals surface area (Å²) in [4.78, 5) is 0.